The number of anilines is 2. The Morgan fingerprint density at radius 1 is 1.40 bits per heavy atom. The highest BCUT2D eigenvalue weighted by molar-refractivity contribution is 7.18. The zero-order valence-corrected chi connectivity index (χ0v) is 12.9. The second-order valence-electron chi connectivity index (χ2n) is 5.08. The molecule has 0 aliphatic carbocycles. The SMILES string of the molecule is CCNC(=O)c1sc(NCCN2CCCCC2)cc1N. The lowest BCUT2D eigenvalue weighted by atomic mass is 10.1. The zero-order valence-electron chi connectivity index (χ0n) is 12.1. The maximum absolute atomic E-state index is 11.8. The summed E-state index contributed by atoms with van der Waals surface area (Å²) in [7, 11) is 0. The number of nitrogen functional groups attached to an aromatic ring is 1. The molecule has 0 unspecified atom stereocenters. The molecule has 2 heterocycles. The molecule has 1 fully saturated rings. The fourth-order valence-electron chi connectivity index (χ4n) is 2.43. The number of hydrogen-bond donors (Lipinski definition) is 3. The highest BCUT2D eigenvalue weighted by Crippen LogP contribution is 2.28. The normalized spacial score (nSPS) is 16.1. The predicted molar refractivity (Wildman–Crippen MR) is 85.5 cm³/mol. The van der Waals surface area contributed by atoms with Crippen molar-refractivity contribution in [1.82, 2.24) is 10.2 Å². The molecule has 1 saturated heterocycles. The van der Waals surface area contributed by atoms with Crippen LogP contribution in [0.1, 0.15) is 35.9 Å². The molecule has 1 amide bonds. The average molecular weight is 296 g/mol. The molecular formula is C14H24N4OS. The average Bonchev–Trinajstić information content (AvgIpc) is 2.81. The second-order valence-corrected chi connectivity index (χ2v) is 6.14. The molecule has 1 aliphatic heterocycles. The van der Waals surface area contributed by atoms with Crippen LogP contribution in [0.4, 0.5) is 10.7 Å². The Hall–Kier alpha value is -1.27. The molecule has 1 aromatic heterocycles. The number of amides is 1. The van der Waals surface area contributed by atoms with Crippen LogP contribution >= 0.6 is 11.3 Å². The van der Waals surface area contributed by atoms with Gasteiger partial charge in [-0.05, 0) is 38.9 Å². The standard InChI is InChI=1S/C14H24N4OS/c1-2-16-14(19)13-11(15)10-12(20-13)17-6-9-18-7-4-3-5-8-18/h10,17H,2-9,15H2,1H3,(H,16,19). The molecule has 0 radical (unpaired) electrons. The smallest absolute Gasteiger partial charge is 0.263 e. The van der Waals surface area contributed by atoms with E-state index in [1.54, 1.807) is 0 Å². The van der Waals surface area contributed by atoms with Crippen molar-refractivity contribution in [1.29, 1.82) is 0 Å². The fourth-order valence-corrected chi connectivity index (χ4v) is 3.35. The summed E-state index contributed by atoms with van der Waals surface area (Å²) in [6.07, 6.45) is 3.99. The Morgan fingerprint density at radius 2 is 2.15 bits per heavy atom. The van der Waals surface area contributed by atoms with Gasteiger partial charge >= 0.3 is 0 Å². The molecule has 1 aliphatic rings. The zero-order chi connectivity index (χ0) is 14.4. The number of hydrogen-bond acceptors (Lipinski definition) is 5. The topological polar surface area (TPSA) is 70.4 Å². The van der Waals surface area contributed by atoms with Crippen LogP contribution in [0.25, 0.3) is 0 Å². The Kier molecular flexibility index (Phi) is 5.67. The van der Waals surface area contributed by atoms with Gasteiger partial charge in [-0.2, -0.15) is 0 Å². The van der Waals surface area contributed by atoms with Gasteiger partial charge in [0.15, 0.2) is 0 Å². The molecule has 2 rings (SSSR count). The second kappa shape index (κ2) is 7.50. The van der Waals surface area contributed by atoms with Gasteiger partial charge in [0, 0.05) is 19.6 Å². The van der Waals surface area contributed by atoms with Gasteiger partial charge in [-0.3, -0.25) is 4.79 Å². The molecule has 0 aromatic carbocycles. The number of nitrogens with two attached hydrogens (primary N) is 1. The third kappa shape index (κ3) is 4.11. The van der Waals surface area contributed by atoms with Gasteiger partial charge in [0.2, 0.25) is 0 Å². The number of carbonyl (C=O) groups is 1. The Bertz CT molecular complexity index is 440. The first kappa shape index (κ1) is 15.1. The Morgan fingerprint density at radius 3 is 2.85 bits per heavy atom. The molecule has 0 atom stereocenters. The third-order valence-electron chi connectivity index (χ3n) is 3.48. The molecule has 6 heteroatoms. The largest absolute Gasteiger partial charge is 0.397 e. The van der Waals surface area contributed by atoms with Gasteiger partial charge in [-0.1, -0.05) is 6.42 Å². The van der Waals surface area contributed by atoms with E-state index in [2.05, 4.69) is 15.5 Å². The van der Waals surface area contributed by atoms with Crippen molar-refractivity contribution < 1.29 is 4.79 Å². The summed E-state index contributed by atoms with van der Waals surface area (Å²) in [5.74, 6) is -0.0842. The van der Waals surface area contributed by atoms with Gasteiger partial charge in [0.25, 0.3) is 5.91 Å². The summed E-state index contributed by atoms with van der Waals surface area (Å²) in [6.45, 7) is 6.88. The Labute approximate surface area is 124 Å². The van der Waals surface area contributed by atoms with Crippen molar-refractivity contribution in [2.75, 3.05) is 43.8 Å². The maximum atomic E-state index is 11.8. The van der Waals surface area contributed by atoms with Crippen molar-refractivity contribution in [3.63, 3.8) is 0 Å². The van der Waals surface area contributed by atoms with Crippen LogP contribution in [0.2, 0.25) is 0 Å². The summed E-state index contributed by atoms with van der Waals surface area (Å²) < 4.78 is 0. The number of thiophene rings is 1. The predicted octanol–water partition coefficient (Wildman–Crippen LogP) is 1.98. The summed E-state index contributed by atoms with van der Waals surface area (Å²) in [5, 5.41) is 7.12. The molecule has 0 bridgehead atoms. The molecule has 20 heavy (non-hydrogen) atoms. The van der Waals surface area contributed by atoms with Crippen LogP contribution in [-0.2, 0) is 0 Å². The first-order valence-electron chi connectivity index (χ1n) is 7.34. The number of carbonyl (C=O) groups excluding carboxylic acids is 1. The highest BCUT2D eigenvalue weighted by Gasteiger charge is 2.14. The van der Waals surface area contributed by atoms with Gasteiger partial charge in [0.05, 0.1) is 10.7 Å². The minimum atomic E-state index is -0.0842. The molecule has 0 saturated carbocycles. The van der Waals surface area contributed by atoms with Crippen molar-refractivity contribution in [3.05, 3.63) is 10.9 Å². The maximum Gasteiger partial charge on any atom is 0.263 e. The first-order chi connectivity index (χ1) is 9.70. The fraction of sp³-hybridized carbons (Fsp3) is 0.643. The van der Waals surface area contributed by atoms with Crippen LogP contribution in [-0.4, -0.2) is 43.5 Å². The number of rotatable bonds is 6. The van der Waals surface area contributed by atoms with E-state index in [1.165, 1.54) is 43.7 Å². The van der Waals surface area contributed by atoms with Crippen molar-refractivity contribution in [2.24, 2.45) is 0 Å². The van der Waals surface area contributed by atoms with Gasteiger partial charge in [-0.25, -0.2) is 0 Å². The van der Waals surface area contributed by atoms with Crippen LogP contribution in [0, 0.1) is 0 Å². The van der Waals surface area contributed by atoms with E-state index in [-0.39, 0.29) is 5.91 Å². The van der Waals surface area contributed by atoms with E-state index in [0.717, 1.165) is 18.1 Å². The van der Waals surface area contributed by atoms with Gasteiger partial charge < -0.3 is 21.3 Å². The van der Waals surface area contributed by atoms with Crippen LogP contribution < -0.4 is 16.4 Å². The quantitative estimate of drug-likeness (QED) is 0.751. The minimum absolute atomic E-state index is 0.0842. The number of nitrogens with zero attached hydrogens (tertiary/aromatic N) is 1. The summed E-state index contributed by atoms with van der Waals surface area (Å²) in [6, 6.07) is 1.85. The molecule has 4 N–H and O–H groups in total. The lowest BCUT2D eigenvalue weighted by molar-refractivity contribution is 0.0960. The molecule has 0 spiro atoms. The highest BCUT2D eigenvalue weighted by atomic mass is 32.1. The van der Waals surface area contributed by atoms with Crippen LogP contribution in [0.5, 0.6) is 0 Å². The third-order valence-corrected chi connectivity index (χ3v) is 4.59. The Balaban J connectivity index is 1.81. The van der Waals surface area contributed by atoms with Crippen LogP contribution in [0.15, 0.2) is 6.07 Å². The molecular weight excluding hydrogens is 272 g/mol. The van der Waals surface area contributed by atoms with E-state index in [9.17, 15) is 4.79 Å². The van der Waals surface area contributed by atoms with Crippen molar-refractivity contribution >= 4 is 27.9 Å². The van der Waals surface area contributed by atoms with Crippen molar-refractivity contribution in [3.8, 4) is 0 Å². The lowest BCUT2D eigenvalue weighted by Gasteiger charge is -2.26. The first-order valence-corrected chi connectivity index (χ1v) is 8.16. The van der Waals surface area contributed by atoms with Gasteiger partial charge in [0.1, 0.15) is 4.88 Å². The molecule has 1 aromatic rings. The number of likely N-dealkylation sites (tertiary alicyclic amines) is 1. The van der Waals surface area contributed by atoms with Gasteiger partial charge in [-0.15, -0.1) is 11.3 Å². The van der Waals surface area contributed by atoms with E-state index in [0.29, 0.717) is 17.1 Å². The summed E-state index contributed by atoms with van der Waals surface area (Å²) in [4.78, 5) is 14.9. The van der Waals surface area contributed by atoms with E-state index in [4.69, 9.17) is 5.73 Å². The monoisotopic (exact) mass is 296 g/mol. The molecule has 112 valence electrons. The van der Waals surface area contributed by atoms with Crippen molar-refractivity contribution in [2.45, 2.75) is 26.2 Å². The summed E-state index contributed by atoms with van der Waals surface area (Å²) >= 11 is 1.43. The van der Waals surface area contributed by atoms with E-state index < -0.39 is 0 Å². The minimum Gasteiger partial charge on any atom is -0.397 e. The van der Waals surface area contributed by atoms with E-state index >= 15 is 0 Å². The van der Waals surface area contributed by atoms with Crippen LogP contribution in [0.3, 0.4) is 0 Å². The summed E-state index contributed by atoms with van der Waals surface area (Å²) in [5.41, 5.74) is 6.44. The molecule has 5 nitrogen and oxygen atoms in total. The number of nitrogens with one attached hydrogen (secondary N) is 2. The van der Waals surface area contributed by atoms with E-state index in [1.807, 2.05) is 13.0 Å². The lowest BCUT2D eigenvalue weighted by Crippen LogP contribution is -2.33. The number of piperidine rings is 1.